The van der Waals surface area contributed by atoms with E-state index >= 15 is 0 Å². The first-order valence-corrected chi connectivity index (χ1v) is 12.6. The van der Waals surface area contributed by atoms with Crippen LogP contribution in [0.15, 0.2) is 30.0 Å². The number of ether oxygens (including phenoxy) is 1. The van der Waals surface area contributed by atoms with Crippen LogP contribution in [0.1, 0.15) is 38.2 Å². The molecule has 2 heterocycles. The molecule has 3 fully saturated rings. The number of rotatable bonds is 7. The molecule has 2 N–H and O–H groups in total. The Bertz CT molecular complexity index is 869. The number of benzene rings is 1. The molecule has 0 aromatic heterocycles. The second kappa shape index (κ2) is 11.4. The van der Waals surface area contributed by atoms with Gasteiger partial charge in [0.25, 0.3) is 5.91 Å². The molecule has 0 bridgehead atoms. The Morgan fingerprint density at radius 2 is 2.03 bits per heavy atom. The Morgan fingerprint density at radius 1 is 1.24 bits per heavy atom. The first-order valence-electron chi connectivity index (χ1n) is 12.2. The van der Waals surface area contributed by atoms with Crippen LogP contribution in [-0.2, 0) is 14.3 Å². The summed E-state index contributed by atoms with van der Waals surface area (Å²) in [5.74, 6) is 0.0853. The smallest absolute Gasteiger partial charge is 0.286 e. The van der Waals surface area contributed by atoms with Crippen molar-refractivity contribution in [2.24, 2.45) is 5.92 Å². The lowest BCUT2D eigenvalue weighted by Crippen LogP contribution is -2.54. The predicted molar refractivity (Wildman–Crippen MR) is 130 cm³/mol. The minimum Gasteiger partial charge on any atom is -0.483 e. The third-order valence-corrected chi connectivity index (χ3v) is 7.22. The Hall–Kier alpha value is -2.09. The zero-order valence-corrected chi connectivity index (χ0v) is 20.2. The molecule has 180 valence electrons. The molecule has 8 heteroatoms. The van der Waals surface area contributed by atoms with Crippen LogP contribution in [0.2, 0.25) is 5.02 Å². The van der Waals surface area contributed by atoms with E-state index in [1.165, 1.54) is 0 Å². The van der Waals surface area contributed by atoms with Crippen LogP contribution < -0.4 is 10.6 Å². The van der Waals surface area contributed by atoms with Gasteiger partial charge in [-0.05, 0) is 62.5 Å². The first-order chi connectivity index (χ1) is 16.0. The summed E-state index contributed by atoms with van der Waals surface area (Å²) in [7, 11) is 0. The van der Waals surface area contributed by atoms with Gasteiger partial charge in [0.1, 0.15) is 6.10 Å². The van der Waals surface area contributed by atoms with Gasteiger partial charge in [-0.1, -0.05) is 30.7 Å². The van der Waals surface area contributed by atoms with E-state index in [-0.39, 0.29) is 29.9 Å². The van der Waals surface area contributed by atoms with Gasteiger partial charge in [-0.15, -0.1) is 0 Å². The van der Waals surface area contributed by atoms with E-state index in [0.717, 1.165) is 64.1 Å². The number of carbonyl (C=O) groups is 2. The van der Waals surface area contributed by atoms with Crippen LogP contribution in [-0.4, -0.2) is 79.6 Å². The van der Waals surface area contributed by atoms with Crippen molar-refractivity contribution >= 4 is 29.5 Å². The third kappa shape index (κ3) is 6.49. The van der Waals surface area contributed by atoms with Gasteiger partial charge in [-0.3, -0.25) is 9.59 Å². The molecule has 1 aliphatic carbocycles. The van der Waals surface area contributed by atoms with Crippen molar-refractivity contribution in [3.63, 3.8) is 0 Å². The Balaban J connectivity index is 1.20. The highest BCUT2D eigenvalue weighted by Gasteiger charge is 2.40. The summed E-state index contributed by atoms with van der Waals surface area (Å²) in [4.78, 5) is 30.2. The Kier molecular flexibility index (Phi) is 8.28. The number of nitrogens with one attached hydrogen (secondary N) is 2. The summed E-state index contributed by atoms with van der Waals surface area (Å²) in [6.07, 6.45) is 4.72. The predicted octanol–water partition coefficient (Wildman–Crippen LogP) is 2.51. The first kappa shape index (κ1) is 24.0. The molecule has 1 aromatic carbocycles. The van der Waals surface area contributed by atoms with Crippen molar-refractivity contribution in [2.45, 2.75) is 44.8 Å². The number of hydrogen-bond acceptors (Lipinski definition) is 5. The van der Waals surface area contributed by atoms with Gasteiger partial charge in [-0.2, -0.15) is 0 Å². The minimum absolute atomic E-state index is 0.0818. The van der Waals surface area contributed by atoms with Crippen molar-refractivity contribution in [2.75, 3.05) is 45.8 Å². The van der Waals surface area contributed by atoms with Gasteiger partial charge in [0.05, 0.1) is 6.04 Å². The molecular formula is C25H35ClN4O3. The number of halogens is 1. The molecule has 0 spiro atoms. The summed E-state index contributed by atoms with van der Waals surface area (Å²) in [5, 5.41) is 6.78. The number of carbonyl (C=O) groups excluding carboxylic acids is 2. The normalized spacial score (nSPS) is 27.5. The molecule has 3 unspecified atom stereocenters. The van der Waals surface area contributed by atoms with Crippen LogP contribution in [0, 0.1) is 5.92 Å². The van der Waals surface area contributed by atoms with E-state index in [1.54, 1.807) is 18.2 Å². The van der Waals surface area contributed by atoms with Crippen molar-refractivity contribution in [1.29, 1.82) is 0 Å². The Morgan fingerprint density at radius 3 is 2.79 bits per heavy atom. The molecule has 2 aliphatic heterocycles. The van der Waals surface area contributed by atoms with Crippen LogP contribution in [0.25, 0.3) is 6.08 Å². The lowest BCUT2D eigenvalue weighted by atomic mass is 9.82. The van der Waals surface area contributed by atoms with Gasteiger partial charge in [0, 0.05) is 43.7 Å². The van der Waals surface area contributed by atoms with E-state index in [9.17, 15) is 9.59 Å². The number of fused-ring (bicyclic) bond motifs is 1. The molecule has 3 atom stereocenters. The van der Waals surface area contributed by atoms with Gasteiger partial charge in [0.15, 0.2) is 5.76 Å². The number of piperazine rings is 1. The van der Waals surface area contributed by atoms with Crippen LogP contribution >= 0.6 is 11.6 Å². The highest BCUT2D eigenvalue weighted by molar-refractivity contribution is 6.30. The van der Waals surface area contributed by atoms with Crippen molar-refractivity contribution in [3.05, 3.63) is 40.6 Å². The molecule has 1 saturated carbocycles. The summed E-state index contributed by atoms with van der Waals surface area (Å²) in [5.41, 5.74) is 0.825. The SMILES string of the molecule is CCN1CCN(CCCNC(=O)C2CCC3O/C(=C\c4cccc(Cl)c4)C(=O)NC3C2)CC1. The number of morpholine rings is 1. The van der Waals surface area contributed by atoms with Crippen molar-refractivity contribution in [3.8, 4) is 0 Å². The number of nitrogens with zero attached hydrogens (tertiary/aromatic N) is 2. The highest BCUT2D eigenvalue weighted by atomic mass is 35.5. The largest absolute Gasteiger partial charge is 0.483 e. The Labute approximate surface area is 201 Å². The standard InChI is InChI=1S/C25H35ClN4O3/c1-2-29-11-13-30(14-12-29)10-4-9-27-24(31)19-7-8-22-21(17-19)28-25(32)23(33-22)16-18-5-3-6-20(26)15-18/h3,5-6,15-16,19,21-22H,2,4,7-14,17H2,1H3,(H,27,31)(H,28,32)/b23-16-. The van der Waals surface area contributed by atoms with Gasteiger partial charge in [-0.25, -0.2) is 0 Å². The molecule has 3 aliphatic rings. The number of hydrogen-bond donors (Lipinski definition) is 2. The fourth-order valence-electron chi connectivity index (χ4n) is 4.97. The minimum atomic E-state index is -0.236. The molecule has 2 amide bonds. The second-order valence-corrected chi connectivity index (χ2v) is 9.67. The lowest BCUT2D eigenvalue weighted by molar-refractivity contribution is -0.134. The molecule has 7 nitrogen and oxygen atoms in total. The monoisotopic (exact) mass is 474 g/mol. The maximum atomic E-state index is 12.7. The molecular weight excluding hydrogens is 440 g/mol. The zero-order valence-electron chi connectivity index (χ0n) is 19.4. The van der Waals surface area contributed by atoms with Crippen molar-refractivity contribution < 1.29 is 14.3 Å². The van der Waals surface area contributed by atoms with Crippen LogP contribution in [0.4, 0.5) is 0 Å². The molecule has 2 saturated heterocycles. The number of amides is 2. The second-order valence-electron chi connectivity index (χ2n) is 9.23. The van der Waals surface area contributed by atoms with Gasteiger partial charge >= 0.3 is 0 Å². The summed E-state index contributed by atoms with van der Waals surface area (Å²) >= 11 is 6.04. The van der Waals surface area contributed by atoms with Crippen LogP contribution in [0.3, 0.4) is 0 Å². The average Bonchev–Trinajstić information content (AvgIpc) is 2.82. The van der Waals surface area contributed by atoms with E-state index in [2.05, 4.69) is 27.4 Å². The molecule has 33 heavy (non-hydrogen) atoms. The molecule has 1 aromatic rings. The fraction of sp³-hybridized carbons (Fsp3) is 0.600. The highest BCUT2D eigenvalue weighted by Crippen LogP contribution is 2.31. The topological polar surface area (TPSA) is 73.9 Å². The van der Waals surface area contributed by atoms with Gasteiger partial charge in [0.2, 0.25) is 5.91 Å². The lowest BCUT2D eigenvalue weighted by Gasteiger charge is -2.39. The van der Waals surface area contributed by atoms with E-state index in [0.29, 0.717) is 23.7 Å². The fourth-order valence-corrected chi connectivity index (χ4v) is 5.16. The van der Waals surface area contributed by atoms with Gasteiger partial charge < -0.3 is 25.2 Å². The zero-order chi connectivity index (χ0) is 23.2. The van der Waals surface area contributed by atoms with Crippen molar-refractivity contribution in [1.82, 2.24) is 20.4 Å². The maximum absolute atomic E-state index is 12.7. The summed E-state index contributed by atoms with van der Waals surface area (Å²) in [6, 6.07) is 7.18. The maximum Gasteiger partial charge on any atom is 0.286 e. The summed E-state index contributed by atoms with van der Waals surface area (Å²) < 4.78 is 6.02. The third-order valence-electron chi connectivity index (χ3n) is 6.99. The average molecular weight is 475 g/mol. The van der Waals surface area contributed by atoms with E-state index < -0.39 is 0 Å². The van der Waals surface area contributed by atoms with E-state index in [4.69, 9.17) is 16.3 Å². The quantitative estimate of drug-likeness (QED) is 0.469. The summed E-state index contributed by atoms with van der Waals surface area (Å²) in [6.45, 7) is 9.56. The number of likely N-dealkylation sites (N-methyl/N-ethyl adjacent to an activating group) is 1. The van der Waals surface area contributed by atoms with Crippen LogP contribution in [0.5, 0.6) is 0 Å². The molecule has 4 rings (SSSR count). The molecule has 0 radical (unpaired) electrons. The van der Waals surface area contributed by atoms with E-state index in [1.807, 2.05) is 12.1 Å².